The second kappa shape index (κ2) is 5.80. The van der Waals surface area contributed by atoms with E-state index in [9.17, 15) is 9.59 Å². The van der Waals surface area contributed by atoms with Gasteiger partial charge >= 0.3 is 12.0 Å². The molecule has 1 atom stereocenters. The smallest absolute Gasteiger partial charge is 0.326 e. The number of carbonyl (C=O) groups excluding carboxylic acids is 1. The molecule has 1 aliphatic heterocycles. The summed E-state index contributed by atoms with van der Waals surface area (Å²) >= 11 is 0. The summed E-state index contributed by atoms with van der Waals surface area (Å²) in [6.45, 7) is 3.43. The lowest BCUT2D eigenvalue weighted by Gasteiger charge is -2.34. The molecule has 0 unspecified atom stereocenters. The van der Waals surface area contributed by atoms with Crippen molar-refractivity contribution in [3.8, 4) is 0 Å². The number of likely N-dealkylation sites (tertiary alicyclic amines) is 1. The van der Waals surface area contributed by atoms with Gasteiger partial charge in [-0.15, -0.1) is 0 Å². The van der Waals surface area contributed by atoms with E-state index < -0.39 is 12.0 Å². The number of hydrogen-bond acceptors (Lipinski definition) is 2. The standard InChI is InChI=1S/C14H24N2O3/c1-14(7-3-2-4-8-14)10-15-13(19)16-9-5-6-11(16)12(17)18/h11H,2-10H2,1H3,(H,15,19)(H,17,18)/t11-/m0/s1. The summed E-state index contributed by atoms with van der Waals surface area (Å²) in [5, 5.41) is 12.0. The summed E-state index contributed by atoms with van der Waals surface area (Å²) < 4.78 is 0. The van der Waals surface area contributed by atoms with Gasteiger partial charge < -0.3 is 15.3 Å². The molecule has 1 aliphatic carbocycles. The van der Waals surface area contributed by atoms with Crippen LogP contribution in [0.25, 0.3) is 0 Å². The van der Waals surface area contributed by atoms with Gasteiger partial charge in [0, 0.05) is 13.1 Å². The van der Waals surface area contributed by atoms with Crippen molar-refractivity contribution in [1.29, 1.82) is 0 Å². The summed E-state index contributed by atoms with van der Waals surface area (Å²) in [6, 6.07) is -0.851. The van der Waals surface area contributed by atoms with E-state index in [4.69, 9.17) is 5.11 Å². The maximum absolute atomic E-state index is 12.1. The highest BCUT2D eigenvalue weighted by molar-refractivity contribution is 5.83. The number of nitrogens with one attached hydrogen (secondary N) is 1. The first-order chi connectivity index (χ1) is 9.02. The molecule has 2 amide bonds. The van der Waals surface area contributed by atoms with Crippen LogP contribution >= 0.6 is 0 Å². The van der Waals surface area contributed by atoms with Crippen LogP contribution in [-0.2, 0) is 4.79 Å². The zero-order chi connectivity index (χ0) is 13.9. The highest BCUT2D eigenvalue weighted by atomic mass is 16.4. The van der Waals surface area contributed by atoms with Crippen molar-refractivity contribution in [3.63, 3.8) is 0 Å². The third-order valence-corrected chi connectivity index (χ3v) is 4.53. The van der Waals surface area contributed by atoms with Crippen LogP contribution in [-0.4, -0.2) is 41.1 Å². The molecule has 0 spiro atoms. The first-order valence-corrected chi connectivity index (χ1v) is 7.29. The van der Waals surface area contributed by atoms with Crippen LogP contribution < -0.4 is 5.32 Å². The molecule has 1 saturated heterocycles. The lowest BCUT2D eigenvalue weighted by Crippen LogP contribution is -2.48. The highest BCUT2D eigenvalue weighted by Gasteiger charge is 2.35. The molecule has 0 aromatic rings. The summed E-state index contributed by atoms with van der Waals surface area (Å²) in [7, 11) is 0. The fourth-order valence-corrected chi connectivity index (χ4v) is 3.24. The van der Waals surface area contributed by atoms with Gasteiger partial charge in [0.1, 0.15) is 6.04 Å². The molecule has 19 heavy (non-hydrogen) atoms. The molecule has 2 aliphatic rings. The van der Waals surface area contributed by atoms with E-state index in [1.165, 1.54) is 24.2 Å². The summed E-state index contributed by atoms with van der Waals surface area (Å²) in [5.74, 6) is -0.892. The minimum absolute atomic E-state index is 0.187. The molecule has 2 N–H and O–H groups in total. The van der Waals surface area contributed by atoms with Crippen LogP contribution in [0, 0.1) is 5.41 Å². The Morgan fingerprint density at radius 2 is 1.95 bits per heavy atom. The molecule has 108 valence electrons. The Morgan fingerprint density at radius 3 is 2.58 bits per heavy atom. The topological polar surface area (TPSA) is 69.6 Å². The minimum Gasteiger partial charge on any atom is -0.480 e. The number of amides is 2. The predicted octanol–water partition coefficient (Wildman–Crippen LogP) is 2.22. The SMILES string of the molecule is CC1(CNC(=O)N2CCC[C@H]2C(=O)O)CCCCC1. The largest absolute Gasteiger partial charge is 0.480 e. The Balaban J connectivity index is 1.85. The lowest BCUT2D eigenvalue weighted by atomic mass is 9.76. The minimum atomic E-state index is -0.892. The summed E-state index contributed by atoms with van der Waals surface area (Å²) in [5.41, 5.74) is 0.187. The molecule has 1 heterocycles. The van der Waals surface area contributed by atoms with E-state index in [1.54, 1.807) is 0 Å². The average molecular weight is 268 g/mol. The molecular weight excluding hydrogens is 244 g/mol. The van der Waals surface area contributed by atoms with E-state index in [-0.39, 0.29) is 11.4 Å². The highest BCUT2D eigenvalue weighted by Crippen LogP contribution is 2.35. The van der Waals surface area contributed by atoms with Crippen LogP contribution in [0.4, 0.5) is 4.79 Å². The number of rotatable bonds is 3. The Morgan fingerprint density at radius 1 is 1.26 bits per heavy atom. The van der Waals surface area contributed by atoms with Gasteiger partial charge in [-0.05, 0) is 31.1 Å². The molecular formula is C14H24N2O3. The third kappa shape index (κ3) is 3.39. The van der Waals surface area contributed by atoms with Crippen molar-refractivity contribution < 1.29 is 14.7 Å². The Kier molecular flexibility index (Phi) is 4.32. The Bertz CT molecular complexity index is 351. The first-order valence-electron chi connectivity index (χ1n) is 7.29. The number of carboxylic acids is 1. The molecule has 0 aromatic heterocycles. The molecule has 2 fully saturated rings. The van der Waals surface area contributed by atoms with E-state index in [0.29, 0.717) is 19.5 Å². The Labute approximate surface area is 114 Å². The van der Waals surface area contributed by atoms with Crippen LogP contribution in [0.3, 0.4) is 0 Å². The number of urea groups is 1. The fraction of sp³-hybridized carbons (Fsp3) is 0.857. The van der Waals surface area contributed by atoms with E-state index in [2.05, 4.69) is 12.2 Å². The van der Waals surface area contributed by atoms with Gasteiger partial charge in [-0.2, -0.15) is 0 Å². The van der Waals surface area contributed by atoms with Crippen molar-refractivity contribution in [1.82, 2.24) is 10.2 Å². The molecule has 5 nitrogen and oxygen atoms in total. The number of carbonyl (C=O) groups is 2. The van der Waals surface area contributed by atoms with Gasteiger partial charge in [-0.3, -0.25) is 0 Å². The molecule has 2 rings (SSSR count). The lowest BCUT2D eigenvalue weighted by molar-refractivity contribution is -0.141. The first kappa shape index (κ1) is 14.2. The second-order valence-electron chi connectivity index (χ2n) is 6.22. The maximum atomic E-state index is 12.1. The van der Waals surface area contributed by atoms with Gasteiger partial charge in [0.2, 0.25) is 0 Å². The number of carboxylic acid groups (broad SMARTS) is 1. The van der Waals surface area contributed by atoms with E-state index in [0.717, 1.165) is 19.3 Å². The zero-order valence-corrected chi connectivity index (χ0v) is 11.7. The fourth-order valence-electron chi connectivity index (χ4n) is 3.24. The molecule has 0 radical (unpaired) electrons. The van der Waals surface area contributed by atoms with Gasteiger partial charge in [-0.1, -0.05) is 26.2 Å². The van der Waals surface area contributed by atoms with Crippen molar-refractivity contribution >= 4 is 12.0 Å². The zero-order valence-electron chi connectivity index (χ0n) is 11.7. The van der Waals surface area contributed by atoms with Gasteiger partial charge in [-0.25, -0.2) is 9.59 Å². The van der Waals surface area contributed by atoms with Crippen molar-refractivity contribution in [2.45, 2.75) is 57.9 Å². The van der Waals surface area contributed by atoms with Crippen molar-refractivity contribution in [3.05, 3.63) is 0 Å². The second-order valence-corrected chi connectivity index (χ2v) is 6.22. The molecule has 0 aromatic carbocycles. The molecule has 5 heteroatoms. The average Bonchev–Trinajstić information content (AvgIpc) is 2.86. The van der Waals surface area contributed by atoms with Crippen LogP contribution in [0.1, 0.15) is 51.9 Å². The normalized spacial score (nSPS) is 26.2. The van der Waals surface area contributed by atoms with Crippen LogP contribution in [0.15, 0.2) is 0 Å². The summed E-state index contributed by atoms with van der Waals surface area (Å²) in [4.78, 5) is 24.6. The van der Waals surface area contributed by atoms with Crippen LogP contribution in [0.2, 0.25) is 0 Å². The van der Waals surface area contributed by atoms with Gasteiger partial charge in [0.25, 0.3) is 0 Å². The predicted molar refractivity (Wildman–Crippen MR) is 72.0 cm³/mol. The number of hydrogen-bond donors (Lipinski definition) is 2. The quantitative estimate of drug-likeness (QED) is 0.824. The van der Waals surface area contributed by atoms with Gasteiger partial charge in [0.15, 0.2) is 0 Å². The van der Waals surface area contributed by atoms with Gasteiger partial charge in [0.05, 0.1) is 0 Å². The van der Waals surface area contributed by atoms with Crippen LogP contribution in [0.5, 0.6) is 0 Å². The molecule has 0 bridgehead atoms. The number of aliphatic carboxylic acids is 1. The van der Waals surface area contributed by atoms with E-state index >= 15 is 0 Å². The van der Waals surface area contributed by atoms with E-state index in [1.807, 2.05) is 0 Å². The number of nitrogens with zero attached hydrogens (tertiary/aromatic N) is 1. The van der Waals surface area contributed by atoms with Crippen molar-refractivity contribution in [2.24, 2.45) is 5.41 Å². The molecule has 1 saturated carbocycles. The third-order valence-electron chi connectivity index (χ3n) is 4.53. The van der Waals surface area contributed by atoms with Crippen molar-refractivity contribution in [2.75, 3.05) is 13.1 Å². The maximum Gasteiger partial charge on any atom is 0.326 e. The Hall–Kier alpha value is -1.26. The monoisotopic (exact) mass is 268 g/mol. The summed E-state index contributed by atoms with van der Waals surface area (Å²) in [6.07, 6.45) is 7.39.